The van der Waals surface area contributed by atoms with Gasteiger partial charge in [-0.2, -0.15) is 0 Å². The molecule has 0 amide bonds. The molecule has 3 rings (SSSR count). The minimum Gasteiger partial charge on any atom is -0.465 e. The molecule has 1 aromatic heterocycles. The van der Waals surface area contributed by atoms with Gasteiger partial charge in [0.1, 0.15) is 0 Å². The number of carbonyl (C=O) groups is 1. The van der Waals surface area contributed by atoms with E-state index < -0.39 is 5.97 Å². The van der Waals surface area contributed by atoms with Crippen LogP contribution < -0.4 is 10.9 Å². The Bertz CT molecular complexity index is 1270. The maximum atomic E-state index is 13.0. The molecular formula is C27H34N4O3S. The number of esters is 1. The van der Waals surface area contributed by atoms with E-state index in [1.54, 1.807) is 18.2 Å². The first-order chi connectivity index (χ1) is 16.8. The molecule has 0 spiro atoms. The Morgan fingerprint density at radius 3 is 2.43 bits per heavy atom. The standard InChI is InChI=1S/C27H34N4O3S/c1-6-30(7-2)12-13-31(27(35)29-23-11-9-8-10-22(23)26(33)34-5)17-21-16-20-14-18(3)19(4)15-24(20)28-25(21)32/h8-11,14-16H,6-7,12-13,17H2,1-5H3,(H,28,32)(H,29,35). The molecule has 0 aliphatic heterocycles. The van der Waals surface area contributed by atoms with Gasteiger partial charge in [0.25, 0.3) is 5.56 Å². The number of H-pyrrole nitrogens is 1. The van der Waals surface area contributed by atoms with Crippen molar-refractivity contribution < 1.29 is 9.53 Å². The minimum absolute atomic E-state index is 0.133. The van der Waals surface area contributed by atoms with E-state index >= 15 is 0 Å². The van der Waals surface area contributed by atoms with Gasteiger partial charge in [0.15, 0.2) is 5.11 Å². The number of aryl methyl sites for hydroxylation is 2. The third kappa shape index (κ3) is 6.46. The van der Waals surface area contributed by atoms with Crippen molar-refractivity contribution in [3.05, 3.63) is 75.1 Å². The van der Waals surface area contributed by atoms with Crippen molar-refractivity contribution in [2.45, 2.75) is 34.2 Å². The zero-order chi connectivity index (χ0) is 25.5. The fourth-order valence-electron chi connectivity index (χ4n) is 3.97. The maximum absolute atomic E-state index is 13.0. The number of thiocarbonyl (C=S) groups is 1. The molecule has 2 aromatic carbocycles. The van der Waals surface area contributed by atoms with Crippen molar-refractivity contribution in [3.8, 4) is 0 Å². The number of hydrogen-bond acceptors (Lipinski definition) is 5. The molecule has 0 saturated carbocycles. The lowest BCUT2D eigenvalue weighted by Crippen LogP contribution is -2.41. The van der Waals surface area contributed by atoms with Gasteiger partial charge in [-0.1, -0.05) is 26.0 Å². The highest BCUT2D eigenvalue weighted by molar-refractivity contribution is 7.80. The van der Waals surface area contributed by atoms with E-state index in [1.165, 1.54) is 12.7 Å². The average Bonchev–Trinajstić information content (AvgIpc) is 2.85. The highest BCUT2D eigenvalue weighted by Crippen LogP contribution is 2.20. The van der Waals surface area contributed by atoms with E-state index in [1.807, 2.05) is 30.0 Å². The Morgan fingerprint density at radius 1 is 1.06 bits per heavy atom. The molecule has 186 valence electrons. The van der Waals surface area contributed by atoms with Crippen molar-refractivity contribution >= 4 is 39.9 Å². The van der Waals surface area contributed by atoms with Crippen molar-refractivity contribution in [1.29, 1.82) is 0 Å². The molecule has 0 aliphatic carbocycles. The lowest BCUT2D eigenvalue weighted by Gasteiger charge is -2.29. The topological polar surface area (TPSA) is 77.7 Å². The van der Waals surface area contributed by atoms with Gasteiger partial charge in [0.05, 0.1) is 24.9 Å². The van der Waals surface area contributed by atoms with E-state index in [-0.39, 0.29) is 5.56 Å². The molecule has 0 saturated heterocycles. The summed E-state index contributed by atoms with van der Waals surface area (Å²) >= 11 is 5.77. The van der Waals surface area contributed by atoms with Crippen molar-refractivity contribution in [3.63, 3.8) is 0 Å². The second-order valence-corrected chi connectivity index (χ2v) is 8.95. The summed E-state index contributed by atoms with van der Waals surface area (Å²) in [4.78, 5) is 32.5. The second-order valence-electron chi connectivity index (χ2n) is 8.56. The number of aromatic nitrogens is 1. The van der Waals surface area contributed by atoms with Gasteiger partial charge in [0.2, 0.25) is 0 Å². The van der Waals surface area contributed by atoms with Crippen molar-refractivity contribution in [1.82, 2.24) is 14.8 Å². The predicted octanol–water partition coefficient (Wildman–Crippen LogP) is 4.47. The van der Waals surface area contributed by atoms with Gasteiger partial charge in [0, 0.05) is 24.2 Å². The van der Waals surface area contributed by atoms with Crippen LogP contribution in [0.2, 0.25) is 0 Å². The zero-order valence-electron chi connectivity index (χ0n) is 21.1. The predicted molar refractivity (Wildman–Crippen MR) is 146 cm³/mol. The van der Waals surface area contributed by atoms with Crippen LogP contribution in [0.5, 0.6) is 0 Å². The minimum atomic E-state index is -0.442. The molecule has 7 nitrogen and oxygen atoms in total. The SMILES string of the molecule is CCN(CC)CCN(Cc1cc2cc(C)c(C)cc2[nH]c1=O)C(=S)Nc1ccccc1C(=O)OC. The lowest BCUT2D eigenvalue weighted by atomic mass is 10.0. The first-order valence-electron chi connectivity index (χ1n) is 11.9. The number of likely N-dealkylation sites (N-methyl/N-ethyl adjacent to an activating group) is 1. The van der Waals surface area contributed by atoms with Gasteiger partial charge in [-0.15, -0.1) is 0 Å². The number of fused-ring (bicyclic) bond motifs is 1. The van der Waals surface area contributed by atoms with Crippen LogP contribution in [0.3, 0.4) is 0 Å². The summed E-state index contributed by atoms with van der Waals surface area (Å²) in [5.74, 6) is -0.442. The first kappa shape index (κ1) is 26.4. The summed E-state index contributed by atoms with van der Waals surface area (Å²) in [6.45, 7) is 11.9. The monoisotopic (exact) mass is 494 g/mol. The van der Waals surface area contributed by atoms with Crippen LogP contribution in [0, 0.1) is 13.8 Å². The summed E-state index contributed by atoms with van der Waals surface area (Å²) in [5.41, 5.74) is 4.59. The number of nitrogens with one attached hydrogen (secondary N) is 2. The lowest BCUT2D eigenvalue weighted by molar-refractivity contribution is 0.0602. The fraction of sp³-hybridized carbons (Fsp3) is 0.370. The molecule has 35 heavy (non-hydrogen) atoms. The summed E-state index contributed by atoms with van der Waals surface area (Å²) in [5, 5.41) is 4.63. The Morgan fingerprint density at radius 2 is 1.74 bits per heavy atom. The molecule has 0 fully saturated rings. The van der Waals surface area contributed by atoms with Gasteiger partial charge in [-0.05, 0) is 86.0 Å². The summed E-state index contributed by atoms with van der Waals surface area (Å²) in [6, 6.07) is 13.1. The molecule has 0 atom stereocenters. The molecule has 2 N–H and O–H groups in total. The Kier molecular flexibility index (Phi) is 9.01. The van der Waals surface area contributed by atoms with Crippen LogP contribution in [-0.4, -0.2) is 59.2 Å². The smallest absolute Gasteiger partial charge is 0.339 e. The largest absolute Gasteiger partial charge is 0.465 e. The van der Waals surface area contributed by atoms with Crippen LogP contribution in [0.15, 0.2) is 47.3 Å². The fourth-order valence-corrected chi connectivity index (χ4v) is 4.24. The number of pyridine rings is 1. The quantitative estimate of drug-likeness (QED) is 0.336. The summed E-state index contributed by atoms with van der Waals surface area (Å²) in [6.07, 6.45) is 0. The van der Waals surface area contributed by atoms with Gasteiger partial charge in [-0.25, -0.2) is 4.79 Å². The van der Waals surface area contributed by atoms with Crippen LogP contribution in [0.25, 0.3) is 10.9 Å². The number of aromatic amines is 1. The number of ether oxygens (including phenoxy) is 1. The molecule has 0 aliphatic rings. The van der Waals surface area contributed by atoms with E-state index in [9.17, 15) is 9.59 Å². The number of para-hydroxylation sites is 1. The molecule has 0 unspecified atom stereocenters. The van der Waals surface area contributed by atoms with Gasteiger partial charge < -0.3 is 24.8 Å². The highest BCUT2D eigenvalue weighted by Gasteiger charge is 2.18. The number of carbonyl (C=O) groups excluding carboxylic acids is 1. The van der Waals surface area contributed by atoms with Gasteiger partial charge in [-0.3, -0.25) is 4.79 Å². The third-order valence-electron chi connectivity index (χ3n) is 6.34. The summed E-state index contributed by atoms with van der Waals surface area (Å²) in [7, 11) is 1.35. The number of benzene rings is 2. The number of anilines is 1. The van der Waals surface area contributed by atoms with Crippen LogP contribution in [0.4, 0.5) is 5.69 Å². The van der Waals surface area contributed by atoms with Crippen molar-refractivity contribution in [2.75, 3.05) is 38.6 Å². The Hall–Kier alpha value is -3.23. The molecule has 8 heteroatoms. The zero-order valence-corrected chi connectivity index (χ0v) is 21.9. The van der Waals surface area contributed by atoms with Crippen LogP contribution in [0.1, 0.15) is 40.9 Å². The first-order valence-corrected chi connectivity index (χ1v) is 12.3. The molecule has 3 aromatic rings. The molecular weight excluding hydrogens is 460 g/mol. The van der Waals surface area contributed by atoms with Crippen molar-refractivity contribution in [2.24, 2.45) is 0 Å². The van der Waals surface area contributed by atoms with E-state index in [2.05, 4.69) is 42.0 Å². The van der Waals surface area contributed by atoms with Gasteiger partial charge >= 0.3 is 5.97 Å². The molecule has 1 heterocycles. The Labute approximate surface area is 212 Å². The average molecular weight is 495 g/mol. The van der Waals surface area contributed by atoms with Crippen LogP contribution in [-0.2, 0) is 11.3 Å². The second kappa shape index (κ2) is 12.0. The normalized spacial score (nSPS) is 11.0. The number of methoxy groups -OCH3 is 1. The highest BCUT2D eigenvalue weighted by atomic mass is 32.1. The maximum Gasteiger partial charge on any atom is 0.339 e. The molecule has 0 bridgehead atoms. The number of nitrogens with zero attached hydrogens (tertiary/aromatic N) is 2. The third-order valence-corrected chi connectivity index (χ3v) is 6.70. The number of rotatable bonds is 9. The van der Waals surface area contributed by atoms with Crippen LogP contribution >= 0.6 is 12.2 Å². The van der Waals surface area contributed by atoms with E-state index in [4.69, 9.17) is 17.0 Å². The number of hydrogen-bond donors (Lipinski definition) is 2. The Balaban J connectivity index is 1.92. The molecule has 0 radical (unpaired) electrons. The van der Waals surface area contributed by atoms with E-state index in [0.717, 1.165) is 36.1 Å². The summed E-state index contributed by atoms with van der Waals surface area (Å²) < 4.78 is 4.91. The van der Waals surface area contributed by atoms with E-state index in [0.29, 0.717) is 35.0 Å².